The van der Waals surface area contributed by atoms with E-state index in [0.717, 1.165) is 13.0 Å². The van der Waals surface area contributed by atoms with Gasteiger partial charge < -0.3 is 19.9 Å². The largest absolute Gasteiger partial charge is 0.457 e. The van der Waals surface area contributed by atoms with Crippen LogP contribution in [0.15, 0.2) is 67.9 Å². The first-order valence-corrected chi connectivity index (χ1v) is 12.3. The van der Waals surface area contributed by atoms with Gasteiger partial charge in [0.15, 0.2) is 11.5 Å². The summed E-state index contributed by atoms with van der Waals surface area (Å²) in [6.07, 6.45) is 6.70. The standard InChI is InChI=1S/C27H24FN9O2/c1-3-25(38)36-9-4-8-35(16-36)23-6-5-20-26(34-23)27(31-14-29-20)33-21-11-17(2)22(13-19(21)28)39-18-7-10-37-24(12-18)30-15-32-37/h3,5-7,10-15H,1,4,8-9,16H2,2H3,(H,29,31,33). The minimum atomic E-state index is -0.517. The molecule has 0 spiro atoms. The molecule has 196 valence electrons. The fourth-order valence-electron chi connectivity index (χ4n) is 4.48. The first kappa shape index (κ1) is 24.2. The summed E-state index contributed by atoms with van der Waals surface area (Å²) in [6.45, 7) is 7.22. The molecule has 0 radical (unpaired) electrons. The van der Waals surface area contributed by atoms with Gasteiger partial charge >= 0.3 is 0 Å². The lowest BCUT2D eigenvalue weighted by Gasteiger charge is -2.35. The number of carbonyl (C=O) groups excluding carboxylic acids is 1. The van der Waals surface area contributed by atoms with Crippen LogP contribution in [0.25, 0.3) is 16.7 Å². The molecule has 0 atom stereocenters. The highest BCUT2D eigenvalue weighted by Crippen LogP contribution is 2.32. The van der Waals surface area contributed by atoms with Crippen molar-refractivity contribution in [3.8, 4) is 11.5 Å². The molecule has 6 rings (SSSR count). The maximum absolute atomic E-state index is 15.3. The number of carbonyl (C=O) groups is 1. The number of nitrogens with zero attached hydrogens (tertiary/aromatic N) is 8. The summed E-state index contributed by atoms with van der Waals surface area (Å²) in [6, 6.07) is 10.1. The maximum Gasteiger partial charge on any atom is 0.247 e. The molecule has 1 amide bonds. The third kappa shape index (κ3) is 4.79. The second-order valence-corrected chi connectivity index (χ2v) is 9.07. The minimum absolute atomic E-state index is 0.122. The number of pyridine rings is 2. The Balaban J connectivity index is 1.27. The van der Waals surface area contributed by atoms with Crippen molar-refractivity contribution in [1.29, 1.82) is 0 Å². The smallest absolute Gasteiger partial charge is 0.247 e. The van der Waals surface area contributed by atoms with Crippen LogP contribution in [0.2, 0.25) is 0 Å². The Morgan fingerprint density at radius 3 is 2.90 bits per heavy atom. The Labute approximate surface area is 222 Å². The minimum Gasteiger partial charge on any atom is -0.457 e. The van der Waals surface area contributed by atoms with Crippen LogP contribution < -0.4 is 15.0 Å². The van der Waals surface area contributed by atoms with Crippen LogP contribution in [-0.2, 0) is 4.79 Å². The summed E-state index contributed by atoms with van der Waals surface area (Å²) in [5.74, 6) is 1.29. The second-order valence-electron chi connectivity index (χ2n) is 9.07. The summed E-state index contributed by atoms with van der Waals surface area (Å²) in [5.41, 5.74) is 2.65. The van der Waals surface area contributed by atoms with Crippen molar-refractivity contribution in [2.24, 2.45) is 0 Å². The Bertz CT molecular complexity index is 1720. The van der Waals surface area contributed by atoms with Crippen molar-refractivity contribution in [3.05, 3.63) is 79.3 Å². The van der Waals surface area contributed by atoms with E-state index in [1.165, 1.54) is 24.8 Å². The molecule has 1 aromatic carbocycles. The number of rotatable bonds is 6. The third-order valence-electron chi connectivity index (χ3n) is 6.47. The van der Waals surface area contributed by atoms with Gasteiger partial charge in [-0.3, -0.25) is 4.79 Å². The topological polar surface area (TPSA) is 114 Å². The number of aromatic nitrogens is 6. The van der Waals surface area contributed by atoms with E-state index in [9.17, 15) is 4.79 Å². The molecular weight excluding hydrogens is 501 g/mol. The SMILES string of the molecule is C=CC(=O)N1CCCN(c2ccc3ncnc(Nc4cc(C)c(Oc5ccn6ncnc6c5)cc4F)c3n2)C1. The van der Waals surface area contributed by atoms with Gasteiger partial charge in [0, 0.05) is 31.4 Å². The van der Waals surface area contributed by atoms with Crippen molar-refractivity contribution >= 4 is 39.9 Å². The van der Waals surface area contributed by atoms with Crippen LogP contribution >= 0.6 is 0 Å². The van der Waals surface area contributed by atoms with E-state index in [-0.39, 0.29) is 11.6 Å². The Hall–Kier alpha value is -5.13. The number of aryl methyl sites for hydroxylation is 1. The molecule has 5 heterocycles. The molecule has 5 aromatic rings. The molecule has 39 heavy (non-hydrogen) atoms. The number of hydrogen-bond acceptors (Lipinski definition) is 9. The van der Waals surface area contributed by atoms with Gasteiger partial charge in [0.1, 0.15) is 41.3 Å². The van der Waals surface area contributed by atoms with E-state index in [0.29, 0.717) is 58.6 Å². The zero-order valence-electron chi connectivity index (χ0n) is 21.1. The van der Waals surface area contributed by atoms with Crippen molar-refractivity contribution < 1.29 is 13.9 Å². The average Bonchev–Trinajstić information content (AvgIpc) is 3.43. The normalized spacial score (nSPS) is 13.6. The van der Waals surface area contributed by atoms with Crippen LogP contribution in [0, 0.1) is 12.7 Å². The number of fused-ring (bicyclic) bond motifs is 2. The Kier molecular flexibility index (Phi) is 6.19. The summed E-state index contributed by atoms with van der Waals surface area (Å²) >= 11 is 0. The number of ether oxygens (including phenoxy) is 1. The van der Waals surface area contributed by atoms with Gasteiger partial charge in [-0.15, -0.1) is 0 Å². The van der Waals surface area contributed by atoms with Gasteiger partial charge in [0.25, 0.3) is 0 Å². The maximum atomic E-state index is 15.3. The zero-order chi connectivity index (χ0) is 26.9. The molecular formula is C27H24FN9O2. The van der Waals surface area contributed by atoms with Crippen molar-refractivity contribution in [1.82, 2.24) is 34.4 Å². The van der Waals surface area contributed by atoms with E-state index in [1.807, 2.05) is 24.0 Å². The third-order valence-corrected chi connectivity index (χ3v) is 6.47. The summed E-state index contributed by atoms with van der Waals surface area (Å²) < 4.78 is 22.8. The molecule has 1 N–H and O–H groups in total. The van der Waals surface area contributed by atoms with Crippen molar-refractivity contribution in [2.75, 3.05) is 30.0 Å². The predicted molar refractivity (Wildman–Crippen MR) is 144 cm³/mol. The molecule has 12 heteroatoms. The number of halogens is 1. The van der Waals surface area contributed by atoms with Crippen LogP contribution in [0.3, 0.4) is 0 Å². The average molecular weight is 526 g/mol. The van der Waals surface area contributed by atoms with Crippen LogP contribution in [0.4, 0.5) is 21.7 Å². The lowest BCUT2D eigenvalue weighted by molar-refractivity contribution is -0.126. The Morgan fingerprint density at radius 1 is 1.13 bits per heavy atom. The lowest BCUT2D eigenvalue weighted by Crippen LogP contribution is -2.47. The van der Waals surface area contributed by atoms with E-state index < -0.39 is 5.82 Å². The highest BCUT2D eigenvalue weighted by atomic mass is 19.1. The van der Waals surface area contributed by atoms with E-state index in [4.69, 9.17) is 9.72 Å². The van der Waals surface area contributed by atoms with Crippen LogP contribution in [0.1, 0.15) is 12.0 Å². The highest BCUT2D eigenvalue weighted by molar-refractivity contribution is 5.89. The molecule has 1 aliphatic rings. The molecule has 1 aliphatic heterocycles. The fourth-order valence-corrected chi connectivity index (χ4v) is 4.48. The van der Waals surface area contributed by atoms with Gasteiger partial charge in [-0.2, -0.15) is 5.10 Å². The Morgan fingerprint density at radius 2 is 2.03 bits per heavy atom. The van der Waals surface area contributed by atoms with Gasteiger partial charge in [-0.05, 0) is 49.2 Å². The monoisotopic (exact) mass is 525 g/mol. The van der Waals surface area contributed by atoms with Gasteiger partial charge in [0.05, 0.1) is 17.9 Å². The number of benzene rings is 1. The van der Waals surface area contributed by atoms with Crippen molar-refractivity contribution in [2.45, 2.75) is 13.3 Å². The highest BCUT2D eigenvalue weighted by Gasteiger charge is 2.22. The lowest BCUT2D eigenvalue weighted by atomic mass is 10.2. The summed E-state index contributed by atoms with van der Waals surface area (Å²) in [7, 11) is 0. The number of hydrogen-bond donors (Lipinski definition) is 1. The fraction of sp³-hybridized carbons (Fsp3) is 0.185. The molecule has 11 nitrogen and oxygen atoms in total. The predicted octanol–water partition coefficient (Wildman–Crippen LogP) is 4.23. The summed E-state index contributed by atoms with van der Waals surface area (Å²) in [4.78, 5) is 33.4. The summed E-state index contributed by atoms with van der Waals surface area (Å²) in [5, 5.41) is 7.13. The molecule has 0 bridgehead atoms. The quantitative estimate of drug-likeness (QED) is 0.325. The van der Waals surface area contributed by atoms with Crippen molar-refractivity contribution in [3.63, 3.8) is 0 Å². The first-order chi connectivity index (χ1) is 19.0. The molecule has 1 fully saturated rings. The van der Waals surface area contributed by atoms with E-state index >= 15 is 4.39 Å². The van der Waals surface area contributed by atoms with E-state index in [1.54, 1.807) is 33.8 Å². The molecule has 0 aliphatic carbocycles. The second kappa shape index (κ2) is 9.97. The molecule has 1 saturated heterocycles. The molecule has 0 unspecified atom stereocenters. The van der Waals surface area contributed by atoms with E-state index in [2.05, 4.69) is 31.9 Å². The number of nitrogens with one attached hydrogen (secondary N) is 1. The number of anilines is 3. The van der Waals surface area contributed by atoms with Gasteiger partial charge in [-0.1, -0.05) is 6.58 Å². The van der Waals surface area contributed by atoms with Crippen LogP contribution in [-0.4, -0.2) is 60.1 Å². The molecule has 4 aromatic heterocycles. The zero-order valence-corrected chi connectivity index (χ0v) is 21.1. The molecule has 0 saturated carbocycles. The van der Waals surface area contributed by atoms with Gasteiger partial charge in [0.2, 0.25) is 5.91 Å². The van der Waals surface area contributed by atoms with Gasteiger partial charge in [-0.25, -0.2) is 28.8 Å². The first-order valence-electron chi connectivity index (χ1n) is 12.3. The number of amides is 1. The van der Waals surface area contributed by atoms with Crippen LogP contribution in [0.5, 0.6) is 11.5 Å².